The molecule has 100 valence electrons. The van der Waals surface area contributed by atoms with E-state index in [2.05, 4.69) is 54.6 Å². The molecule has 0 N–H and O–H groups in total. The maximum Gasteiger partial charge on any atom is 0.155 e. The van der Waals surface area contributed by atoms with E-state index in [4.69, 9.17) is 0 Å². The smallest absolute Gasteiger partial charge is 0.155 e. The van der Waals surface area contributed by atoms with Gasteiger partial charge >= 0.3 is 0 Å². The minimum atomic E-state index is 0.251. The van der Waals surface area contributed by atoms with Gasteiger partial charge in [-0.1, -0.05) is 66.7 Å². The zero-order valence-corrected chi connectivity index (χ0v) is 11.4. The lowest BCUT2D eigenvalue weighted by Crippen LogP contribution is -2.17. The number of hydrogen-bond donors (Lipinski definition) is 0. The second kappa shape index (κ2) is 5.87. The maximum absolute atomic E-state index is 11.4. The van der Waals surface area contributed by atoms with Gasteiger partial charge in [0.15, 0.2) is 5.78 Å². The molecule has 1 aliphatic carbocycles. The van der Waals surface area contributed by atoms with Gasteiger partial charge in [0, 0.05) is 12.3 Å². The molecule has 0 aliphatic heterocycles. The predicted molar refractivity (Wildman–Crippen MR) is 81.6 cm³/mol. The highest BCUT2D eigenvalue weighted by atomic mass is 16.1. The molecule has 0 amide bonds. The Morgan fingerprint density at radius 3 is 1.85 bits per heavy atom. The Kier molecular flexibility index (Phi) is 3.78. The normalized spacial score (nSPS) is 18.4. The predicted octanol–water partition coefficient (Wildman–Crippen LogP) is 4.35. The van der Waals surface area contributed by atoms with E-state index in [0.717, 1.165) is 6.42 Å². The summed E-state index contributed by atoms with van der Waals surface area (Å²) in [4.78, 5) is 11.4. The molecule has 3 rings (SSSR count). The number of benzene rings is 2. The van der Waals surface area contributed by atoms with Gasteiger partial charge in [-0.15, -0.1) is 0 Å². The second-order valence-electron chi connectivity index (χ2n) is 5.33. The van der Waals surface area contributed by atoms with Gasteiger partial charge in [-0.2, -0.15) is 0 Å². The molecule has 0 saturated carbocycles. The first-order valence-electron chi connectivity index (χ1n) is 7.15. The fraction of sp³-hybridized carbons (Fsp3) is 0.211. The average Bonchev–Trinajstić information content (AvgIpc) is 2.52. The number of rotatable bonds is 3. The number of carbonyl (C=O) groups is 1. The molecule has 0 bridgehead atoms. The van der Waals surface area contributed by atoms with Crippen LogP contribution in [0.2, 0.25) is 0 Å². The van der Waals surface area contributed by atoms with Gasteiger partial charge in [0.25, 0.3) is 0 Å². The van der Waals surface area contributed by atoms with E-state index >= 15 is 0 Å². The lowest BCUT2D eigenvalue weighted by atomic mass is 9.76. The maximum atomic E-state index is 11.4. The highest BCUT2D eigenvalue weighted by molar-refractivity contribution is 5.90. The summed E-state index contributed by atoms with van der Waals surface area (Å²) in [7, 11) is 0. The summed E-state index contributed by atoms with van der Waals surface area (Å²) in [6, 6.07) is 21.2. The van der Waals surface area contributed by atoms with Crippen LogP contribution in [0.4, 0.5) is 0 Å². The van der Waals surface area contributed by atoms with E-state index in [9.17, 15) is 4.79 Å². The van der Waals surface area contributed by atoms with E-state index in [1.165, 1.54) is 11.1 Å². The van der Waals surface area contributed by atoms with Crippen molar-refractivity contribution in [1.29, 1.82) is 0 Å². The van der Waals surface area contributed by atoms with Crippen molar-refractivity contribution in [3.8, 4) is 0 Å². The first-order chi connectivity index (χ1) is 9.84. The van der Waals surface area contributed by atoms with Gasteiger partial charge in [-0.05, 0) is 29.5 Å². The van der Waals surface area contributed by atoms with Crippen LogP contribution in [0.1, 0.15) is 29.9 Å². The molecular formula is C19H18O. The summed E-state index contributed by atoms with van der Waals surface area (Å²) < 4.78 is 0. The molecule has 0 unspecified atom stereocenters. The molecule has 0 radical (unpaired) electrons. The highest BCUT2D eigenvalue weighted by Crippen LogP contribution is 2.36. The second-order valence-corrected chi connectivity index (χ2v) is 5.33. The third-order valence-corrected chi connectivity index (χ3v) is 4.00. The van der Waals surface area contributed by atoms with Crippen molar-refractivity contribution >= 4 is 5.78 Å². The van der Waals surface area contributed by atoms with E-state index in [0.29, 0.717) is 18.3 Å². The number of allylic oxidation sites excluding steroid dienone is 2. The largest absolute Gasteiger partial charge is 0.295 e. The fourth-order valence-electron chi connectivity index (χ4n) is 3.00. The molecule has 1 heteroatoms. The average molecular weight is 262 g/mol. The zero-order valence-electron chi connectivity index (χ0n) is 11.4. The Labute approximate surface area is 120 Å². The molecule has 0 heterocycles. The minimum absolute atomic E-state index is 0.251. The Bertz CT molecular complexity index is 559. The van der Waals surface area contributed by atoms with Gasteiger partial charge in [0.1, 0.15) is 0 Å². The number of carbonyl (C=O) groups excluding carboxylic acids is 1. The molecule has 20 heavy (non-hydrogen) atoms. The standard InChI is InChI=1S/C19H18O/c20-18-13-11-17(12-14-18)19(15-7-3-1-4-8-15)16-9-5-2-6-10-16/h1-11,13,17,19H,12,14H2/t17-/m0/s1. The van der Waals surface area contributed by atoms with Crippen molar-refractivity contribution in [3.63, 3.8) is 0 Å². The van der Waals surface area contributed by atoms with Crippen LogP contribution in [-0.2, 0) is 4.79 Å². The molecule has 1 nitrogen and oxygen atoms in total. The third-order valence-electron chi connectivity index (χ3n) is 4.00. The van der Waals surface area contributed by atoms with Crippen molar-refractivity contribution in [2.75, 3.05) is 0 Å². The SMILES string of the molecule is O=C1C=C[C@H](C(c2ccccc2)c2ccccc2)CC1. The molecule has 0 aromatic heterocycles. The van der Waals surface area contributed by atoms with E-state index in [-0.39, 0.29) is 5.78 Å². The molecule has 0 fully saturated rings. The molecule has 1 aliphatic rings. The summed E-state index contributed by atoms with van der Waals surface area (Å²) in [5.74, 6) is 0.986. The zero-order chi connectivity index (χ0) is 13.8. The lowest BCUT2D eigenvalue weighted by molar-refractivity contribution is -0.115. The van der Waals surface area contributed by atoms with Gasteiger partial charge in [-0.25, -0.2) is 0 Å². The van der Waals surface area contributed by atoms with E-state index in [1.54, 1.807) is 6.08 Å². The van der Waals surface area contributed by atoms with Crippen molar-refractivity contribution in [2.24, 2.45) is 5.92 Å². The third kappa shape index (κ3) is 2.72. The van der Waals surface area contributed by atoms with Crippen LogP contribution in [0.25, 0.3) is 0 Å². The summed E-state index contributed by atoms with van der Waals surface area (Å²) in [6.45, 7) is 0. The molecule has 2 aromatic carbocycles. The lowest BCUT2D eigenvalue weighted by Gasteiger charge is -2.27. The van der Waals surface area contributed by atoms with Crippen LogP contribution < -0.4 is 0 Å². The van der Waals surface area contributed by atoms with Crippen LogP contribution in [0.5, 0.6) is 0 Å². The summed E-state index contributed by atoms with van der Waals surface area (Å²) >= 11 is 0. The number of hydrogen-bond acceptors (Lipinski definition) is 1. The summed E-state index contributed by atoms with van der Waals surface area (Å²) in [5, 5.41) is 0. The molecule has 2 aromatic rings. The Morgan fingerprint density at radius 1 is 0.850 bits per heavy atom. The van der Waals surface area contributed by atoms with Crippen LogP contribution >= 0.6 is 0 Å². The molecule has 0 saturated heterocycles. The Balaban J connectivity index is 2.00. The van der Waals surface area contributed by atoms with Crippen molar-refractivity contribution in [3.05, 3.63) is 83.9 Å². The minimum Gasteiger partial charge on any atom is -0.295 e. The van der Waals surface area contributed by atoms with Gasteiger partial charge < -0.3 is 0 Å². The van der Waals surface area contributed by atoms with Crippen LogP contribution in [0.3, 0.4) is 0 Å². The topological polar surface area (TPSA) is 17.1 Å². The Morgan fingerprint density at radius 2 is 1.40 bits per heavy atom. The van der Waals surface area contributed by atoms with Crippen molar-refractivity contribution < 1.29 is 4.79 Å². The quantitative estimate of drug-likeness (QED) is 0.803. The fourth-order valence-corrected chi connectivity index (χ4v) is 3.00. The Hall–Kier alpha value is -2.15. The van der Waals surface area contributed by atoms with Gasteiger partial charge in [0.05, 0.1) is 0 Å². The van der Waals surface area contributed by atoms with Gasteiger partial charge in [-0.3, -0.25) is 4.79 Å². The molecule has 1 atom stereocenters. The van der Waals surface area contributed by atoms with E-state index in [1.807, 2.05) is 12.1 Å². The van der Waals surface area contributed by atoms with Crippen LogP contribution in [0, 0.1) is 5.92 Å². The van der Waals surface area contributed by atoms with Crippen molar-refractivity contribution in [2.45, 2.75) is 18.8 Å². The molecule has 0 spiro atoms. The van der Waals surface area contributed by atoms with E-state index < -0.39 is 0 Å². The first kappa shape index (κ1) is 12.9. The number of ketones is 1. The first-order valence-corrected chi connectivity index (χ1v) is 7.15. The summed E-state index contributed by atoms with van der Waals surface area (Å²) in [6.07, 6.45) is 5.45. The monoisotopic (exact) mass is 262 g/mol. The van der Waals surface area contributed by atoms with Crippen LogP contribution in [-0.4, -0.2) is 5.78 Å². The van der Waals surface area contributed by atoms with Crippen molar-refractivity contribution in [1.82, 2.24) is 0 Å². The molecular weight excluding hydrogens is 244 g/mol. The van der Waals surface area contributed by atoms with Gasteiger partial charge in [0.2, 0.25) is 0 Å². The van der Waals surface area contributed by atoms with Crippen LogP contribution in [0.15, 0.2) is 72.8 Å². The summed E-state index contributed by atoms with van der Waals surface area (Å²) in [5.41, 5.74) is 2.64. The highest BCUT2D eigenvalue weighted by Gasteiger charge is 2.25.